The second kappa shape index (κ2) is 4.75. The van der Waals surface area contributed by atoms with Crippen LogP contribution in [0.5, 0.6) is 0 Å². The molecule has 0 aliphatic carbocycles. The normalized spacial score (nSPS) is 11.9. The lowest BCUT2D eigenvalue weighted by Gasteiger charge is -2.13. The van der Waals surface area contributed by atoms with Gasteiger partial charge in [-0.3, -0.25) is 4.79 Å². The Bertz CT molecular complexity index is 666. The Morgan fingerprint density at radius 2 is 2.00 bits per heavy atom. The first kappa shape index (κ1) is 14.3. The zero-order valence-corrected chi connectivity index (χ0v) is 12.3. The molecule has 1 N–H and O–H groups in total. The van der Waals surface area contributed by atoms with Crippen LogP contribution in [0.4, 0.5) is 18.3 Å². The smallest absolute Gasteiger partial charge is 0.242 e. The van der Waals surface area contributed by atoms with Crippen LogP contribution in [-0.4, -0.2) is 15.2 Å². The molecule has 1 heterocycles. The maximum atomic E-state index is 13.5. The predicted molar refractivity (Wildman–Crippen MR) is 71.1 cm³/mol. The number of carbonyl (C=O) groups is 1. The van der Waals surface area contributed by atoms with Crippen LogP contribution in [0.3, 0.4) is 0 Å². The fourth-order valence-electron chi connectivity index (χ4n) is 1.27. The van der Waals surface area contributed by atoms with E-state index in [0.717, 1.165) is 17.4 Å². The summed E-state index contributed by atoms with van der Waals surface area (Å²) in [4.78, 5) is 15.4. The van der Waals surface area contributed by atoms with Gasteiger partial charge < -0.3 is 5.32 Å². The number of halogens is 4. The van der Waals surface area contributed by atoms with Crippen LogP contribution in [0.25, 0.3) is 10.2 Å². The predicted octanol–water partition coefficient (Wildman–Crippen LogP) is 3.83. The number of nitrogens with zero attached hydrogens (tertiary/aromatic N) is 1. The minimum atomic E-state index is -1.57. The summed E-state index contributed by atoms with van der Waals surface area (Å²) >= 11 is 4.02. The minimum Gasteiger partial charge on any atom is -0.301 e. The Balaban J connectivity index is 2.43. The van der Waals surface area contributed by atoms with Crippen LogP contribution in [0.15, 0.2) is 6.07 Å². The van der Waals surface area contributed by atoms with Crippen molar-refractivity contribution in [1.29, 1.82) is 0 Å². The number of anilines is 1. The summed E-state index contributed by atoms with van der Waals surface area (Å²) in [5, 5.41) is 2.53. The van der Waals surface area contributed by atoms with E-state index >= 15 is 0 Å². The van der Waals surface area contributed by atoms with Crippen molar-refractivity contribution in [2.24, 2.45) is 0 Å². The van der Waals surface area contributed by atoms with Crippen LogP contribution in [0.2, 0.25) is 0 Å². The monoisotopic (exact) mass is 352 g/mol. The molecule has 1 amide bonds. The summed E-state index contributed by atoms with van der Waals surface area (Å²) in [5.41, 5.74) is -0.299. The third-order valence-electron chi connectivity index (χ3n) is 2.28. The van der Waals surface area contributed by atoms with Crippen LogP contribution in [-0.2, 0) is 4.79 Å². The number of hydrogen-bond donors (Lipinski definition) is 1. The van der Waals surface area contributed by atoms with E-state index in [1.54, 1.807) is 13.8 Å². The Hall–Kier alpha value is -1.15. The van der Waals surface area contributed by atoms with Crippen molar-refractivity contribution >= 4 is 48.5 Å². The fraction of sp³-hybridized carbons (Fsp3) is 0.273. The molecular weight excluding hydrogens is 345 g/mol. The number of hydrogen-bond acceptors (Lipinski definition) is 3. The van der Waals surface area contributed by atoms with Crippen molar-refractivity contribution in [3.05, 3.63) is 23.5 Å². The molecule has 8 heteroatoms. The van der Waals surface area contributed by atoms with Gasteiger partial charge >= 0.3 is 0 Å². The van der Waals surface area contributed by atoms with Crippen LogP contribution in [0.1, 0.15) is 13.8 Å². The highest BCUT2D eigenvalue weighted by atomic mass is 79.9. The van der Waals surface area contributed by atoms with Gasteiger partial charge in [-0.1, -0.05) is 27.3 Å². The largest absolute Gasteiger partial charge is 0.301 e. The molecule has 0 unspecified atom stereocenters. The molecule has 0 fully saturated rings. The Morgan fingerprint density at radius 3 is 2.58 bits per heavy atom. The van der Waals surface area contributed by atoms with E-state index in [0.29, 0.717) is 0 Å². The molecule has 0 atom stereocenters. The van der Waals surface area contributed by atoms with E-state index in [1.165, 1.54) is 0 Å². The molecule has 0 bridgehead atoms. The van der Waals surface area contributed by atoms with Gasteiger partial charge in [0.05, 0.1) is 9.02 Å². The lowest BCUT2D eigenvalue weighted by atomic mass is 10.2. The van der Waals surface area contributed by atoms with E-state index in [9.17, 15) is 18.0 Å². The quantitative estimate of drug-likeness (QED) is 0.659. The average Bonchev–Trinajstić information content (AvgIpc) is 2.67. The lowest BCUT2D eigenvalue weighted by Crippen LogP contribution is -2.30. The van der Waals surface area contributed by atoms with Crippen molar-refractivity contribution < 1.29 is 18.0 Å². The molecule has 0 saturated heterocycles. The summed E-state index contributed by atoms with van der Waals surface area (Å²) in [5.74, 6) is -4.61. The highest BCUT2D eigenvalue weighted by molar-refractivity contribution is 9.10. The summed E-state index contributed by atoms with van der Waals surface area (Å²) in [6.07, 6.45) is 0. The van der Waals surface area contributed by atoms with Crippen molar-refractivity contribution in [1.82, 2.24) is 4.98 Å². The summed E-state index contributed by atoms with van der Waals surface area (Å²) < 4.78 is 38.8. The number of aromatic nitrogens is 1. The van der Waals surface area contributed by atoms with E-state index in [-0.39, 0.29) is 15.3 Å². The fourth-order valence-corrected chi connectivity index (χ4v) is 2.26. The van der Waals surface area contributed by atoms with Gasteiger partial charge in [0.25, 0.3) is 0 Å². The summed E-state index contributed by atoms with van der Waals surface area (Å²) in [6.45, 7) is 3.24. The Morgan fingerprint density at radius 1 is 1.37 bits per heavy atom. The average molecular weight is 353 g/mol. The Labute approximate surface area is 119 Å². The first-order valence-electron chi connectivity index (χ1n) is 5.14. The molecule has 1 aromatic carbocycles. The maximum Gasteiger partial charge on any atom is 0.242 e. The molecule has 0 aliphatic heterocycles. The van der Waals surface area contributed by atoms with E-state index in [2.05, 4.69) is 26.2 Å². The van der Waals surface area contributed by atoms with Gasteiger partial charge in [-0.25, -0.2) is 18.2 Å². The van der Waals surface area contributed by atoms with E-state index in [4.69, 9.17) is 0 Å². The molecule has 2 rings (SSSR count). The molecule has 0 aliphatic rings. The third-order valence-corrected chi connectivity index (χ3v) is 3.56. The highest BCUT2D eigenvalue weighted by Crippen LogP contribution is 2.31. The third kappa shape index (κ3) is 2.74. The molecule has 19 heavy (non-hydrogen) atoms. The van der Waals surface area contributed by atoms with Gasteiger partial charge in [0.2, 0.25) is 5.91 Å². The number of alkyl halides is 1. The second-order valence-corrected chi connectivity index (χ2v) is 7.29. The molecule has 0 spiro atoms. The standard InChI is InChI=1S/C11H8BrF3N2OS/c1-11(2,12)9(18)17-10-16-8-5(19-10)3-4(13)6(14)7(8)15/h3H,1-2H3,(H,16,17,18). The number of fused-ring (bicyclic) bond motifs is 1. The number of nitrogens with one attached hydrogen (secondary N) is 1. The zero-order chi connectivity index (χ0) is 14.4. The number of carbonyl (C=O) groups excluding carboxylic acids is 1. The van der Waals surface area contributed by atoms with Crippen LogP contribution < -0.4 is 5.32 Å². The number of thiazole rings is 1. The molecule has 0 radical (unpaired) electrons. The summed E-state index contributed by atoms with van der Waals surface area (Å²) in [7, 11) is 0. The molecule has 2 aromatic rings. The number of benzene rings is 1. The zero-order valence-electron chi connectivity index (χ0n) is 9.85. The van der Waals surface area contributed by atoms with Crippen molar-refractivity contribution in [3.63, 3.8) is 0 Å². The number of amides is 1. The summed E-state index contributed by atoms with van der Waals surface area (Å²) in [6, 6.07) is 0.848. The van der Waals surface area contributed by atoms with E-state index < -0.39 is 27.7 Å². The highest BCUT2D eigenvalue weighted by Gasteiger charge is 2.25. The van der Waals surface area contributed by atoms with Crippen molar-refractivity contribution in [2.45, 2.75) is 18.2 Å². The first-order chi connectivity index (χ1) is 8.70. The first-order valence-corrected chi connectivity index (χ1v) is 6.75. The lowest BCUT2D eigenvalue weighted by molar-refractivity contribution is -0.117. The van der Waals surface area contributed by atoms with Gasteiger partial charge in [0.15, 0.2) is 22.6 Å². The van der Waals surface area contributed by atoms with Crippen molar-refractivity contribution in [2.75, 3.05) is 5.32 Å². The SMILES string of the molecule is CC(C)(Br)C(=O)Nc1nc2c(F)c(F)c(F)cc2s1. The number of rotatable bonds is 2. The topological polar surface area (TPSA) is 42.0 Å². The molecule has 3 nitrogen and oxygen atoms in total. The van der Waals surface area contributed by atoms with Crippen LogP contribution >= 0.6 is 27.3 Å². The van der Waals surface area contributed by atoms with Gasteiger partial charge in [0.1, 0.15) is 5.52 Å². The van der Waals surface area contributed by atoms with Gasteiger partial charge in [-0.05, 0) is 19.9 Å². The Kier molecular flexibility index (Phi) is 3.57. The minimum absolute atomic E-state index is 0.0800. The molecule has 102 valence electrons. The van der Waals surface area contributed by atoms with Gasteiger partial charge in [-0.15, -0.1) is 0 Å². The second-order valence-electron chi connectivity index (χ2n) is 4.28. The van der Waals surface area contributed by atoms with Crippen molar-refractivity contribution in [3.8, 4) is 0 Å². The molecule has 1 aromatic heterocycles. The van der Waals surface area contributed by atoms with Crippen LogP contribution in [0, 0.1) is 17.5 Å². The van der Waals surface area contributed by atoms with Gasteiger partial charge in [-0.2, -0.15) is 0 Å². The van der Waals surface area contributed by atoms with Gasteiger partial charge in [0, 0.05) is 0 Å². The maximum absolute atomic E-state index is 13.5. The molecular formula is C11H8BrF3N2OS. The van der Waals surface area contributed by atoms with E-state index in [1.807, 2.05) is 0 Å². The molecule has 0 saturated carbocycles.